The number of aromatic nitrogens is 1. The largest absolute Gasteiger partial charge is 0.351 e. The molecule has 132 valence electrons. The Bertz CT molecular complexity index is 955. The summed E-state index contributed by atoms with van der Waals surface area (Å²) in [5.74, 6) is -0.211. The monoisotopic (exact) mass is 383 g/mol. The van der Waals surface area contributed by atoms with E-state index in [1.54, 1.807) is 30.5 Å². The smallest absolute Gasteiger partial charge is 0.174 e. The number of halogens is 1. The molecule has 0 bridgehead atoms. The van der Waals surface area contributed by atoms with Gasteiger partial charge in [0.25, 0.3) is 0 Å². The SMILES string of the molecule is Cc1cc(N2C(=S)N[C@H](c3ccccn3)[C@@H]2c2sccc2C)ccc1F. The second kappa shape index (κ2) is 6.78. The Balaban J connectivity index is 1.85. The van der Waals surface area contributed by atoms with E-state index in [1.165, 1.54) is 16.5 Å². The van der Waals surface area contributed by atoms with Gasteiger partial charge in [0, 0.05) is 16.8 Å². The van der Waals surface area contributed by atoms with Crippen molar-refractivity contribution < 1.29 is 4.39 Å². The molecular weight excluding hydrogens is 365 g/mol. The molecule has 0 unspecified atom stereocenters. The van der Waals surface area contributed by atoms with Crippen molar-refractivity contribution in [3.63, 3.8) is 0 Å². The molecule has 0 spiro atoms. The Kier molecular flexibility index (Phi) is 4.46. The molecule has 1 saturated heterocycles. The molecule has 0 aliphatic carbocycles. The van der Waals surface area contributed by atoms with Crippen LogP contribution < -0.4 is 10.2 Å². The van der Waals surface area contributed by atoms with Gasteiger partial charge in [-0.15, -0.1) is 11.3 Å². The number of thiocarbonyl (C=S) groups is 1. The number of hydrogen-bond donors (Lipinski definition) is 1. The first-order valence-corrected chi connectivity index (χ1v) is 9.66. The van der Waals surface area contributed by atoms with Crippen molar-refractivity contribution in [1.29, 1.82) is 0 Å². The van der Waals surface area contributed by atoms with Gasteiger partial charge in [-0.05, 0) is 79.0 Å². The van der Waals surface area contributed by atoms with Crippen LogP contribution in [0.2, 0.25) is 0 Å². The third-order valence-corrected chi connectivity index (χ3v) is 6.09. The van der Waals surface area contributed by atoms with E-state index in [0.29, 0.717) is 10.7 Å². The maximum absolute atomic E-state index is 13.8. The number of thiophene rings is 1. The number of anilines is 1. The summed E-state index contributed by atoms with van der Waals surface area (Å²) in [4.78, 5) is 7.86. The highest BCUT2D eigenvalue weighted by Gasteiger charge is 2.41. The summed E-state index contributed by atoms with van der Waals surface area (Å²) in [6.07, 6.45) is 1.79. The molecule has 1 N–H and O–H groups in total. The fourth-order valence-corrected chi connectivity index (χ4v) is 4.76. The van der Waals surface area contributed by atoms with Crippen LogP contribution in [0.4, 0.5) is 10.1 Å². The lowest BCUT2D eigenvalue weighted by molar-refractivity contribution is 0.572. The third kappa shape index (κ3) is 2.89. The van der Waals surface area contributed by atoms with Gasteiger partial charge in [-0.1, -0.05) is 6.07 Å². The first kappa shape index (κ1) is 17.1. The molecule has 6 heteroatoms. The second-order valence-corrected chi connectivity index (χ2v) is 7.73. The van der Waals surface area contributed by atoms with E-state index in [0.717, 1.165) is 11.4 Å². The number of pyridine rings is 1. The van der Waals surface area contributed by atoms with Crippen molar-refractivity contribution in [3.05, 3.63) is 81.6 Å². The lowest BCUT2D eigenvalue weighted by Gasteiger charge is -2.28. The highest BCUT2D eigenvalue weighted by Crippen LogP contribution is 2.44. The molecule has 1 aliphatic rings. The van der Waals surface area contributed by atoms with Crippen molar-refractivity contribution in [3.8, 4) is 0 Å². The molecule has 4 rings (SSSR count). The van der Waals surface area contributed by atoms with E-state index in [-0.39, 0.29) is 17.9 Å². The number of rotatable bonds is 3. The molecule has 1 aromatic carbocycles. The predicted octanol–water partition coefficient (Wildman–Crippen LogP) is 5.08. The Hall–Kier alpha value is -2.31. The minimum atomic E-state index is -0.211. The topological polar surface area (TPSA) is 28.2 Å². The summed E-state index contributed by atoms with van der Waals surface area (Å²) in [6, 6.07) is 13.1. The van der Waals surface area contributed by atoms with Crippen LogP contribution in [0.1, 0.15) is 33.8 Å². The molecule has 1 fully saturated rings. The van der Waals surface area contributed by atoms with Crippen molar-refractivity contribution >= 4 is 34.4 Å². The van der Waals surface area contributed by atoms with Gasteiger partial charge in [0.2, 0.25) is 0 Å². The Morgan fingerprint density at radius 2 is 2.00 bits per heavy atom. The van der Waals surface area contributed by atoms with Crippen LogP contribution in [0.25, 0.3) is 0 Å². The molecule has 0 radical (unpaired) electrons. The molecule has 2 atom stereocenters. The van der Waals surface area contributed by atoms with Crippen LogP contribution in [0, 0.1) is 19.7 Å². The van der Waals surface area contributed by atoms with Crippen molar-refractivity contribution in [2.24, 2.45) is 0 Å². The standard InChI is InChI=1S/C20H18FN3S2/c1-12-8-10-26-19(12)18-17(16-5-3-4-9-22-16)23-20(25)24(18)14-6-7-15(21)13(2)11-14/h3-11,17-18H,1-2H3,(H,23,25)/t17-,18-/m1/s1. The summed E-state index contributed by atoms with van der Waals surface area (Å²) in [7, 11) is 0. The first-order chi connectivity index (χ1) is 12.6. The van der Waals surface area contributed by atoms with Crippen molar-refractivity contribution in [2.45, 2.75) is 25.9 Å². The normalized spacial score (nSPS) is 19.7. The van der Waals surface area contributed by atoms with Crippen LogP contribution in [-0.2, 0) is 0 Å². The zero-order valence-corrected chi connectivity index (χ0v) is 16.1. The van der Waals surface area contributed by atoms with Crippen molar-refractivity contribution in [2.75, 3.05) is 4.90 Å². The number of hydrogen-bond acceptors (Lipinski definition) is 3. The van der Waals surface area contributed by atoms with Gasteiger partial charge in [-0.25, -0.2) is 4.39 Å². The molecule has 3 nitrogen and oxygen atoms in total. The Labute approximate surface area is 161 Å². The molecule has 0 amide bonds. The fourth-order valence-electron chi connectivity index (χ4n) is 3.37. The number of aryl methyl sites for hydroxylation is 2. The maximum Gasteiger partial charge on any atom is 0.174 e. The average molecular weight is 384 g/mol. The lowest BCUT2D eigenvalue weighted by Crippen LogP contribution is -2.29. The fraction of sp³-hybridized carbons (Fsp3) is 0.200. The zero-order valence-electron chi connectivity index (χ0n) is 14.4. The summed E-state index contributed by atoms with van der Waals surface area (Å²) < 4.78 is 13.8. The summed E-state index contributed by atoms with van der Waals surface area (Å²) in [5.41, 5.74) is 3.65. The Morgan fingerprint density at radius 3 is 2.65 bits per heavy atom. The molecule has 0 saturated carbocycles. The summed E-state index contributed by atoms with van der Waals surface area (Å²) in [6.45, 7) is 3.88. The van der Waals surface area contributed by atoms with Gasteiger partial charge in [0.15, 0.2) is 5.11 Å². The Morgan fingerprint density at radius 1 is 1.15 bits per heavy atom. The summed E-state index contributed by atoms with van der Waals surface area (Å²) >= 11 is 7.38. The highest BCUT2D eigenvalue weighted by molar-refractivity contribution is 7.80. The van der Waals surface area contributed by atoms with E-state index in [9.17, 15) is 4.39 Å². The highest BCUT2D eigenvalue weighted by atomic mass is 32.1. The van der Waals surface area contributed by atoms with Crippen LogP contribution in [-0.4, -0.2) is 10.1 Å². The number of nitrogens with one attached hydrogen (secondary N) is 1. The maximum atomic E-state index is 13.8. The van der Waals surface area contributed by atoms with Gasteiger partial charge < -0.3 is 10.2 Å². The van der Waals surface area contributed by atoms with Gasteiger partial charge in [0.05, 0.1) is 17.8 Å². The van der Waals surface area contributed by atoms with Crippen LogP contribution in [0.3, 0.4) is 0 Å². The number of benzene rings is 1. The average Bonchev–Trinajstić information content (AvgIpc) is 3.21. The van der Waals surface area contributed by atoms with E-state index in [4.69, 9.17) is 12.2 Å². The molecule has 3 aromatic rings. The molecule has 26 heavy (non-hydrogen) atoms. The van der Waals surface area contributed by atoms with Crippen molar-refractivity contribution in [1.82, 2.24) is 10.3 Å². The molecular formula is C20H18FN3S2. The van der Waals surface area contributed by atoms with E-state index in [1.807, 2.05) is 24.3 Å². The lowest BCUT2D eigenvalue weighted by atomic mass is 10.0. The molecule has 1 aliphatic heterocycles. The minimum absolute atomic E-state index is 0.0257. The molecule has 2 aromatic heterocycles. The van der Waals surface area contributed by atoms with Gasteiger partial charge in [0.1, 0.15) is 5.82 Å². The van der Waals surface area contributed by atoms with Gasteiger partial charge in [-0.3, -0.25) is 4.98 Å². The summed E-state index contributed by atoms with van der Waals surface area (Å²) in [5, 5.41) is 6.15. The van der Waals surface area contributed by atoms with Crippen LogP contribution in [0.5, 0.6) is 0 Å². The van der Waals surface area contributed by atoms with Crippen LogP contribution >= 0.6 is 23.6 Å². The minimum Gasteiger partial charge on any atom is -0.351 e. The van der Waals surface area contributed by atoms with Gasteiger partial charge >= 0.3 is 0 Å². The number of nitrogens with zero attached hydrogens (tertiary/aromatic N) is 2. The first-order valence-electron chi connectivity index (χ1n) is 8.37. The quantitative estimate of drug-likeness (QED) is 0.639. The van der Waals surface area contributed by atoms with Crippen LogP contribution in [0.15, 0.2) is 54.0 Å². The third-order valence-electron chi connectivity index (χ3n) is 4.69. The van der Waals surface area contributed by atoms with Gasteiger partial charge in [-0.2, -0.15) is 0 Å². The zero-order chi connectivity index (χ0) is 18.3. The van der Waals surface area contributed by atoms with E-state index in [2.05, 4.69) is 33.6 Å². The van der Waals surface area contributed by atoms with E-state index < -0.39 is 0 Å². The van der Waals surface area contributed by atoms with E-state index >= 15 is 0 Å². The molecule has 3 heterocycles. The predicted molar refractivity (Wildman–Crippen MR) is 108 cm³/mol. The second-order valence-electron chi connectivity index (χ2n) is 6.40.